The molecule has 1 fully saturated rings. The van der Waals surface area contributed by atoms with E-state index in [1.165, 1.54) is 54.7 Å². The summed E-state index contributed by atoms with van der Waals surface area (Å²) in [5.74, 6) is 0. The van der Waals surface area contributed by atoms with Gasteiger partial charge in [-0.3, -0.25) is 0 Å². The Kier molecular flexibility index (Phi) is 5.22. The van der Waals surface area contributed by atoms with Crippen molar-refractivity contribution >= 4 is 0 Å². The minimum Gasteiger partial charge on any atom is -0.306 e. The second-order valence-corrected chi connectivity index (χ2v) is 6.41. The van der Waals surface area contributed by atoms with Crippen LogP contribution in [-0.2, 0) is 0 Å². The van der Waals surface area contributed by atoms with Crippen molar-refractivity contribution in [1.29, 1.82) is 0 Å². The Bertz CT molecular complexity index is 453. The lowest BCUT2D eigenvalue weighted by molar-refractivity contribution is 0.192. The molecule has 1 aromatic carbocycles. The highest BCUT2D eigenvalue weighted by Crippen LogP contribution is 2.23. The molecule has 2 atom stereocenters. The summed E-state index contributed by atoms with van der Waals surface area (Å²) in [5.41, 5.74) is 5.67. The van der Waals surface area contributed by atoms with Crippen molar-refractivity contribution < 1.29 is 0 Å². The van der Waals surface area contributed by atoms with Gasteiger partial charge in [0.25, 0.3) is 0 Å². The number of likely N-dealkylation sites (N-methyl/N-ethyl adjacent to an activating group) is 1. The van der Waals surface area contributed by atoms with Gasteiger partial charge in [0, 0.05) is 18.6 Å². The first kappa shape index (κ1) is 15.5. The average Bonchev–Trinajstić information content (AvgIpc) is 2.43. The van der Waals surface area contributed by atoms with Gasteiger partial charge in [-0.2, -0.15) is 0 Å². The Balaban J connectivity index is 2.04. The second-order valence-electron chi connectivity index (χ2n) is 6.41. The molecule has 0 saturated carbocycles. The van der Waals surface area contributed by atoms with Crippen LogP contribution in [0.2, 0.25) is 0 Å². The monoisotopic (exact) mass is 274 g/mol. The van der Waals surface area contributed by atoms with Crippen molar-refractivity contribution in [2.24, 2.45) is 0 Å². The van der Waals surface area contributed by atoms with Crippen LogP contribution in [0.1, 0.15) is 55.0 Å². The Hall–Kier alpha value is -0.860. The van der Waals surface area contributed by atoms with Gasteiger partial charge in [-0.1, -0.05) is 19.1 Å². The highest BCUT2D eigenvalue weighted by atomic mass is 15.2. The third-order valence-electron chi connectivity index (χ3n) is 4.79. The number of nitrogens with one attached hydrogen (secondary N) is 1. The highest BCUT2D eigenvalue weighted by Gasteiger charge is 2.21. The standard InChI is InChI=1S/C18H30N2/c1-6-20-9-7-8-17(12-20)19-16(5)18-11-14(3)13(2)10-15(18)4/h10-11,16-17,19H,6-9,12H2,1-5H3. The van der Waals surface area contributed by atoms with Crippen molar-refractivity contribution in [2.75, 3.05) is 19.6 Å². The first-order valence-corrected chi connectivity index (χ1v) is 8.07. The van der Waals surface area contributed by atoms with Crippen molar-refractivity contribution in [3.8, 4) is 0 Å². The molecular formula is C18H30N2. The summed E-state index contributed by atoms with van der Waals surface area (Å²) in [7, 11) is 0. The topological polar surface area (TPSA) is 15.3 Å². The average molecular weight is 274 g/mol. The van der Waals surface area contributed by atoms with Gasteiger partial charge < -0.3 is 10.2 Å². The Labute approximate surface area is 124 Å². The van der Waals surface area contributed by atoms with E-state index in [2.05, 4.69) is 57.0 Å². The predicted octanol–water partition coefficient (Wildman–Crippen LogP) is 3.75. The molecule has 2 nitrogen and oxygen atoms in total. The predicted molar refractivity (Wildman–Crippen MR) is 87.3 cm³/mol. The largest absolute Gasteiger partial charge is 0.306 e. The summed E-state index contributed by atoms with van der Waals surface area (Å²) in [6.45, 7) is 14.9. The molecule has 2 unspecified atom stereocenters. The fraction of sp³-hybridized carbons (Fsp3) is 0.667. The third kappa shape index (κ3) is 3.62. The molecule has 1 N–H and O–H groups in total. The zero-order valence-corrected chi connectivity index (χ0v) is 13.8. The van der Waals surface area contributed by atoms with Gasteiger partial charge in [-0.05, 0) is 75.9 Å². The van der Waals surface area contributed by atoms with Crippen molar-refractivity contribution in [1.82, 2.24) is 10.2 Å². The van der Waals surface area contributed by atoms with E-state index in [4.69, 9.17) is 0 Å². The number of likely N-dealkylation sites (tertiary alicyclic amines) is 1. The smallest absolute Gasteiger partial charge is 0.0297 e. The van der Waals surface area contributed by atoms with E-state index in [-0.39, 0.29) is 0 Å². The van der Waals surface area contributed by atoms with E-state index >= 15 is 0 Å². The molecule has 1 aliphatic rings. The van der Waals surface area contributed by atoms with Crippen LogP contribution < -0.4 is 5.32 Å². The van der Waals surface area contributed by atoms with Crippen LogP contribution in [0.25, 0.3) is 0 Å². The van der Waals surface area contributed by atoms with Crippen LogP contribution >= 0.6 is 0 Å². The highest BCUT2D eigenvalue weighted by molar-refractivity contribution is 5.38. The zero-order valence-electron chi connectivity index (χ0n) is 13.8. The molecule has 112 valence electrons. The summed E-state index contributed by atoms with van der Waals surface area (Å²) in [6.07, 6.45) is 2.63. The van der Waals surface area contributed by atoms with Crippen LogP contribution in [0.15, 0.2) is 12.1 Å². The summed E-state index contributed by atoms with van der Waals surface area (Å²) in [6, 6.07) is 5.76. The van der Waals surface area contributed by atoms with Gasteiger partial charge in [0.1, 0.15) is 0 Å². The number of rotatable bonds is 4. The molecule has 1 saturated heterocycles. The Morgan fingerprint density at radius 3 is 2.60 bits per heavy atom. The van der Waals surface area contributed by atoms with Gasteiger partial charge in [0.15, 0.2) is 0 Å². The second kappa shape index (κ2) is 6.73. The molecule has 0 radical (unpaired) electrons. The van der Waals surface area contributed by atoms with Crippen molar-refractivity contribution in [2.45, 2.75) is 59.5 Å². The molecule has 0 aliphatic carbocycles. The molecule has 1 aromatic rings. The van der Waals surface area contributed by atoms with Crippen LogP contribution in [-0.4, -0.2) is 30.6 Å². The van der Waals surface area contributed by atoms with Gasteiger partial charge in [0.2, 0.25) is 0 Å². The van der Waals surface area contributed by atoms with Gasteiger partial charge in [-0.25, -0.2) is 0 Å². The number of nitrogens with zero attached hydrogens (tertiary/aromatic N) is 1. The van der Waals surface area contributed by atoms with Gasteiger partial charge >= 0.3 is 0 Å². The molecule has 1 aliphatic heterocycles. The lowest BCUT2D eigenvalue weighted by Crippen LogP contribution is -2.46. The number of hydrogen-bond donors (Lipinski definition) is 1. The fourth-order valence-corrected chi connectivity index (χ4v) is 3.37. The maximum absolute atomic E-state index is 3.85. The number of piperidine rings is 1. The number of aryl methyl sites for hydroxylation is 3. The Morgan fingerprint density at radius 2 is 1.90 bits per heavy atom. The van der Waals surface area contributed by atoms with Crippen LogP contribution in [0.3, 0.4) is 0 Å². The van der Waals surface area contributed by atoms with Crippen LogP contribution in [0, 0.1) is 20.8 Å². The molecule has 1 heterocycles. The van der Waals surface area contributed by atoms with E-state index in [1.807, 2.05) is 0 Å². The molecular weight excluding hydrogens is 244 g/mol. The Morgan fingerprint density at radius 1 is 1.20 bits per heavy atom. The number of hydrogen-bond acceptors (Lipinski definition) is 2. The van der Waals surface area contributed by atoms with Gasteiger partial charge in [0.05, 0.1) is 0 Å². The summed E-state index contributed by atoms with van der Waals surface area (Å²) >= 11 is 0. The van der Waals surface area contributed by atoms with E-state index in [0.717, 1.165) is 0 Å². The van der Waals surface area contributed by atoms with Crippen LogP contribution in [0.4, 0.5) is 0 Å². The normalized spacial score (nSPS) is 21.9. The first-order chi connectivity index (χ1) is 9.51. The lowest BCUT2D eigenvalue weighted by atomic mass is 9.95. The van der Waals surface area contributed by atoms with E-state index < -0.39 is 0 Å². The van der Waals surface area contributed by atoms with Gasteiger partial charge in [-0.15, -0.1) is 0 Å². The maximum Gasteiger partial charge on any atom is 0.0297 e. The van der Waals surface area contributed by atoms with E-state index in [1.54, 1.807) is 0 Å². The lowest BCUT2D eigenvalue weighted by Gasteiger charge is -2.34. The SMILES string of the molecule is CCN1CCCC(NC(C)c2cc(C)c(C)cc2C)C1. The van der Waals surface area contributed by atoms with Crippen molar-refractivity contribution in [3.05, 3.63) is 34.4 Å². The molecule has 0 aromatic heterocycles. The van der Waals surface area contributed by atoms with Crippen LogP contribution in [0.5, 0.6) is 0 Å². The van der Waals surface area contributed by atoms with Crippen molar-refractivity contribution in [3.63, 3.8) is 0 Å². The summed E-state index contributed by atoms with van der Waals surface area (Å²) < 4.78 is 0. The third-order valence-corrected chi connectivity index (χ3v) is 4.79. The molecule has 0 bridgehead atoms. The maximum atomic E-state index is 3.85. The summed E-state index contributed by atoms with van der Waals surface area (Å²) in [4.78, 5) is 2.56. The molecule has 2 heteroatoms. The van der Waals surface area contributed by atoms with E-state index in [9.17, 15) is 0 Å². The molecule has 0 amide bonds. The zero-order chi connectivity index (χ0) is 14.7. The molecule has 0 spiro atoms. The number of benzene rings is 1. The minimum atomic E-state index is 0.441. The molecule has 20 heavy (non-hydrogen) atoms. The quantitative estimate of drug-likeness (QED) is 0.899. The molecule has 2 rings (SSSR count). The first-order valence-electron chi connectivity index (χ1n) is 8.07. The fourth-order valence-electron chi connectivity index (χ4n) is 3.37. The van der Waals surface area contributed by atoms with E-state index in [0.29, 0.717) is 12.1 Å². The summed E-state index contributed by atoms with van der Waals surface area (Å²) in [5, 5.41) is 3.85. The minimum absolute atomic E-state index is 0.441.